The van der Waals surface area contributed by atoms with Crippen LogP contribution in [0.5, 0.6) is 0 Å². The normalized spacial score (nSPS) is 30.1. The average molecular weight is 287 g/mol. The van der Waals surface area contributed by atoms with E-state index in [-0.39, 0.29) is 11.4 Å². The molecule has 1 saturated carbocycles. The highest BCUT2D eigenvalue weighted by Gasteiger charge is 2.55. The molecule has 3 rings (SSSR count). The molecule has 1 aliphatic carbocycles. The summed E-state index contributed by atoms with van der Waals surface area (Å²) in [5, 5.41) is 0. The van der Waals surface area contributed by atoms with Gasteiger partial charge in [-0.1, -0.05) is 43.7 Å². The number of esters is 1. The summed E-state index contributed by atoms with van der Waals surface area (Å²) in [6, 6.07) is 10.6. The average Bonchev–Trinajstić information content (AvgIpc) is 3.04. The van der Waals surface area contributed by atoms with Gasteiger partial charge in [0.1, 0.15) is 0 Å². The highest BCUT2D eigenvalue weighted by atomic mass is 16.5. The van der Waals surface area contributed by atoms with Gasteiger partial charge in [-0.3, -0.25) is 4.79 Å². The van der Waals surface area contributed by atoms with Crippen LogP contribution in [-0.4, -0.2) is 37.6 Å². The summed E-state index contributed by atoms with van der Waals surface area (Å²) >= 11 is 0. The molecule has 1 saturated heterocycles. The van der Waals surface area contributed by atoms with E-state index in [0.717, 1.165) is 26.1 Å². The number of carbonyl (C=O) groups is 1. The van der Waals surface area contributed by atoms with Crippen molar-refractivity contribution in [2.75, 3.05) is 26.7 Å². The van der Waals surface area contributed by atoms with E-state index >= 15 is 0 Å². The molecule has 1 aromatic carbocycles. The van der Waals surface area contributed by atoms with E-state index in [4.69, 9.17) is 4.74 Å². The standard InChI is InChI=1S/C18H25NO2/c1-14(15-7-4-3-5-8-15)11-19-12-16-9-6-10-18(16,13-19)17(20)21-2/h3-5,7-8,14,16H,6,9-13H2,1-2H3/t14-,16-,18-/m0/s1. The molecule has 21 heavy (non-hydrogen) atoms. The molecule has 0 aromatic heterocycles. The van der Waals surface area contributed by atoms with Crippen molar-refractivity contribution >= 4 is 5.97 Å². The first kappa shape index (κ1) is 14.6. The van der Waals surface area contributed by atoms with E-state index in [2.05, 4.69) is 42.2 Å². The molecule has 2 fully saturated rings. The number of carbonyl (C=O) groups excluding carboxylic acids is 1. The predicted molar refractivity (Wildman–Crippen MR) is 83.1 cm³/mol. The first-order chi connectivity index (χ1) is 10.2. The number of hydrogen-bond acceptors (Lipinski definition) is 3. The summed E-state index contributed by atoms with van der Waals surface area (Å²) in [6.45, 7) is 5.22. The molecule has 3 atom stereocenters. The zero-order valence-corrected chi connectivity index (χ0v) is 13.0. The van der Waals surface area contributed by atoms with Gasteiger partial charge in [0.15, 0.2) is 0 Å². The molecule has 0 radical (unpaired) electrons. The van der Waals surface area contributed by atoms with E-state index in [1.165, 1.54) is 25.5 Å². The Balaban J connectivity index is 1.68. The Bertz CT molecular complexity index is 501. The van der Waals surface area contributed by atoms with E-state index in [1.54, 1.807) is 0 Å². The number of benzene rings is 1. The Morgan fingerprint density at radius 2 is 2.19 bits per heavy atom. The van der Waals surface area contributed by atoms with E-state index in [1.807, 2.05) is 0 Å². The summed E-state index contributed by atoms with van der Waals surface area (Å²) in [6.07, 6.45) is 3.34. The van der Waals surface area contributed by atoms with E-state index in [9.17, 15) is 4.79 Å². The third-order valence-electron chi connectivity index (χ3n) is 5.43. The Kier molecular flexibility index (Phi) is 4.03. The van der Waals surface area contributed by atoms with Gasteiger partial charge in [-0.25, -0.2) is 0 Å². The second kappa shape index (κ2) is 5.80. The summed E-state index contributed by atoms with van der Waals surface area (Å²) in [5.41, 5.74) is 1.16. The lowest BCUT2D eigenvalue weighted by Crippen LogP contribution is -2.37. The van der Waals surface area contributed by atoms with Crippen LogP contribution in [0.15, 0.2) is 30.3 Å². The summed E-state index contributed by atoms with van der Waals surface area (Å²) in [7, 11) is 1.53. The second-order valence-electron chi connectivity index (χ2n) is 6.74. The van der Waals surface area contributed by atoms with Gasteiger partial charge in [0.25, 0.3) is 0 Å². The third-order valence-corrected chi connectivity index (χ3v) is 5.43. The minimum Gasteiger partial charge on any atom is -0.469 e. The van der Waals surface area contributed by atoms with E-state index in [0.29, 0.717) is 11.8 Å². The largest absolute Gasteiger partial charge is 0.469 e. The molecule has 0 amide bonds. The van der Waals surface area contributed by atoms with Crippen LogP contribution in [0.3, 0.4) is 0 Å². The monoisotopic (exact) mass is 287 g/mol. The maximum absolute atomic E-state index is 12.3. The van der Waals surface area contributed by atoms with Crippen molar-refractivity contribution in [1.29, 1.82) is 0 Å². The lowest BCUT2D eigenvalue weighted by Gasteiger charge is -2.26. The number of ether oxygens (including phenoxy) is 1. The van der Waals surface area contributed by atoms with Crippen LogP contribution in [0.4, 0.5) is 0 Å². The van der Waals surface area contributed by atoms with Crippen LogP contribution in [0.1, 0.15) is 37.7 Å². The van der Waals surface area contributed by atoms with Crippen LogP contribution in [-0.2, 0) is 9.53 Å². The molecule has 1 aromatic rings. The van der Waals surface area contributed by atoms with Gasteiger partial charge < -0.3 is 9.64 Å². The number of fused-ring (bicyclic) bond motifs is 1. The zero-order valence-electron chi connectivity index (χ0n) is 13.0. The van der Waals surface area contributed by atoms with Gasteiger partial charge in [-0.2, -0.15) is 0 Å². The fourth-order valence-electron chi connectivity index (χ4n) is 4.34. The Morgan fingerprint density at radius 1 is 1.43 bits per heavy atom. The lowest BCUT2D eigenvalue weighted by molar-refractivity contribution is -0.153. The number of hydrogen-bond donors (Lipinski definition) is 0. The smallest absolute Gasteiger partial charge is 0.313 e. The topological polar surface area (TPSA) is 29.5 Å². The van der Waals surface area contributed by atoms with Gasteiger partial charge in [0.05, 0.1) is 12.5 Å². The lowest BCUT2D eigenvalue weighted by atomic mass is 9.81. The quantitative estimate of drug-likeness (QED) is 0.797. The fourth-order valence-corrected chi connectivity index (χ4v) is 4.34. The summed E-state index contributed by atoms with van der Waals surface area (Å²) in [5.74, 6) is 1.01. The number of rotatable bonds is 4. The van der Waals surface area contributed by atoms with Gasteiger partial charge >= 0.3 is 5.97 Å². The minimum atomic E-state index is -0.217. The number of likely N-dealkylation sites (tertiary alicyclic amines) is 1. The highest BCUT2D eigenvalue weighted by molar-refractivity contribution is 5.78. The van der Waals surface area contributed by atoms with Crippen LogP contribution < -0.4 is 0 Å². The molecule has 2 aliphatic rings. The van der Waals surface area contributed by atoms with Crippen molar-refractivity contribution in [3.8, 4) is 0 Å². The van der Waals surface area contributed by atoms with Crippen molar-refractivity contribution in [2.24, 2.45) is 11.3 Å². The SMILES string of the molecule is COC(=O)[C@]12CCC[C@H]1CN(C[C@H](C)c1ccccc1)C2. The van der Waals surface area contributed by atoms with Gasteiger partial charge in [0, 0.05) is 19.6 Å². The van der Waals surface area contributed by atoms with Crippen molar-refractivity contribution in [1.82, 2.24) is 4.90 Å². The van der Waals surface area contributed by atoms with Crippen molar-refractivity contribution in [3.05, 3.63) is 35.9 Å². The number of methoxy groups -OCH3 is 1. The molecule has 114 valence electrons. The van der Waals surface area contributed by atoms with Gasteiger partial charge in [0.2, 0.25) is 0 Å². The maximum Gasteiger partial charge on any atom is 0.313 e. The Morgan fingerprint density at radius 3 is 2.90 bits per heavy atom. The third kappa shape index (κ3) is 2.59. The molecule has 0 bridgehead atoms. The highest BCUT2D eigenvalue weighted by Crippen LogP contribution is 2.49. The Labute approximate surface area is 127 Å². The first-order valence-corrected chi connectivity index (χ1v) is 8.01. The van der Waals surface area contributed by atoms with Crippen LogP contribution in [0.2, 0.25) is 0 Å². The molecule has 0 unspecified atom stereocenters. The van der Waals surface area contributed by atoms with Crippen molar-refractivity contribution in [2.45, 2.75) is 32.1 Å². The van der Waals surface area contributed by atoms with Gasteiger partial charge in [-0.15, -0.1) is 0 Å². The van der Waals surface area contributed by atoms with E-state index < -0.39 is 0 Å². The molecule has 3 heteroatoms. The van der Waals surface area contributed by atoms with Crippen LogP contribution >= 0.6 is 0 Å². The molecule has 1 heterocycles. The molecule has 0 spiro atoms. The first-order valence-electron chi connectivity index (χ1n) is 8.01. The molecule has 3 nitrogen and oxygen atoms in total. The summed E-state index contributed by atoms with van der Waals surface area (Å²) < 4.78 is 5.11. The van der Waals surface area contributed by atoms with Crippen molar-refractivity contribution in [3.63, 3.8) is 0 Å². The number of nitrogens with zero attached hydrogens (tertiary/aromatic N) is 1. The Hall–Kier alpha value is -1.35. The van der Waals surface area contributed by atoms with Crippen LogP contribution in [0, 0.1) is 11.3 Å². The van der Waals surface area contributed by atoms with Crippen LogP contribution in [0.25, 0.3) is 0 Å². The minimum absolute atomic E-state index is 0.0138. The maximum atomic E-state index is 12.3. The summed E-state index contributed by atoms with van der Waals surface area (Å²) in [4.78, 5) is 14.7. The zero-order chi connectivity index (χ0) is 14.9. The fraction of sp³-hybridized carbons (Fsp3) is 0.611. The molecular formula is C18H25NO2. The molecule has 1 aliphatic heterocycles. The van der Waals surface area contributed by atoms with Gasteiger partial charge in [-0.05, 0) is 30.2 Å². The molecule has 0 N–H and O–H groups in total. The predicted octanol–water partition coefficient (Wildman–Crippen LogP) is 3.07. The molecular weight excluding hydrogens is 262 g/mol. The van der Waals surface area contributed by atoms with Crippen molar-refractivity contribution < 1.29 is 9.53 Å². The second-order valence-corrected chi connectivity index (χ2v) is 6.74.